The van der Waals surface area contributed by atoms with Crippen molar-refractivity contribution in [3.8, 4) is 0 Å². The Labute approximate surface area is 149 Å². The summed E-state index contributed by atoms with van der Waals surface area (Å²) in [6.07, 6.45) is 0. The smallest absolute Gasteiger partial charge is 0 e. The normalized spacial score (nSPS) is 0. The summed E-state index contributed by atoms with van der Waals surface area (Å²) >= 11 is 0. The molecular weight excluding hydrogens is 445 g/mol. The number of rotatable bonds is 0. The minimum absolute atomic E-state index is 0. The van der Waals surface area contributed by atoms with Gasteiger partial charge in [0, 0.05) is 76.5 Å². The van der Waals surface area contributed by atoms with Crippen molar-refractivity contribution >= 4 is 70.0 Å². The SMILES string of the molecule is [Gd].[H-].[H-].[H-].[H-].[Mg+2].[Mg+2].[Mn].[SnH2].[Zn]. The molecule has 0 saturated carbocycles. The van der Waals surface area contributed by atoms with E-state index in [9.17, 15) is 0 Å². The first kappa shape index (κ1) is 45.0. The van der Waals surface area contributed by atoms with E-state index in [-0.39, 0.29) is 152 Å². The molecule has 6 heavy (non-hydrogen) atoms. The summed E-state index contributed by atoms with van der Waals surface area (Å²) in [7, 11) is 0. The van der Waals surface area contributed by atoms with Gasteiger partial charge in [0.25, 0.3) is 0 Å². The van der Waals surface area contributed by atoms with Crippen LogP contribution < -0.4 is 0 Å². The Balaban J connectivity index is 0. The van der Waals surface area contributed by atoms with Crippen molar-refractivity contribution < 1.29 is 82.2 Å². The second kappa shape index (κ2) is 32.9. The Hall–Kier alpha value is 4.80. The fraction of sp³-hybridized carbons (Fsp3) is 0. The summed E-state index contributed by atoms with van der Waals surface area (Å²) in [5.74, 6) is 0. The summed E-state index contributed by atoms with van der Waals surface area (Å²) < 4.78 is 0. The molecule has 0 saturated heterocycles. The molecule has 0 nitrogen and oxygen atoms in total. The first-order valence-electron chi connectivity index (χ1n) is 0. The van der Waals surface area contributed by atoms with Crippen LogP contribution in [-0.2, 0) is 36.5 Å². The van der Waals surface area contributed by atoms with Crippen LogP contribution >= 0.6 is 0 Å². The van der Waals surface area contributed by atoms with Crippen LogP contribution in [0.15, 0.2) is 0 Å². The van der Waals surface area contributed by atoms with Gasteiger partial charge in [-0.15, -0.1) is 0 Å². The molecule has 3 radical (unpaired) electrons. The Bertz CT molecular complexity index is 23.2. The van der Waals surface area contributed by atoms with E-state index in [0.29, 0.717) is 0 Å². The van der Waals surface area contributed by atoms with Crippen LogP contribution in [0, 0.1) is 39.9 Å². The van der Waals surface area contributed by atoms with E-state index in [1.807, 2.05) is 0 Å². The zero-order valence-electron chi connectivity index (χ0n) is 7.56. The quantitative estimate of drug-likeness (QED) is 0.405. The average molecular weight is 451 g/mol. The van der Waals surface area contributed by atoms with Gasteiger partial charge in [0.2, 0.25) is 0 Å². The maximum absolute atomic E-state index is 0. The summed E-state index contributed by atoms with van der Waals surface area (Å²) in [6.45, 7) is 0. The van der Waals surface area contributed by atoms with E-state index in [1.165, 1.54) is 0 Å². The maximum Gasteiger partial charge on any atom is 0 e. The van der Waals surface area contributed by atoms with E-state index in [0.717, 1.165) is 0 Å². The molecule has 0 fully saturated rings. The Kier molecular flexibility index (Phi) is 247. The minimum atomic E-state index is 0. The molecule has 0 aliphatic carbocycles. The number of hydrogen-bond acceptors (Lipinski definition) is 0. The van der Waals surface area contributed by atoms with E-state index < -0.39 is 0 Å². The van der Waals surface area contributed by atoms with Gasteiger partial charge in [-0.25, -0.2) is 0 Å². The molecule has 0 aliphatic heterocycles. The first-order valence-corrected chi connectivity index (χ1v) is 0. The molecule has 0 aliphatic rings. The molecule has 0 aromatic carbocycles. The van der Waals surface area contributed by atoms with Crippen LogP contribution in [0.25, 0.3) is 0 Å². The Morgan fingerprint density at radius 1 is 1.00 bits per heavy atom. The van der Waals surface area contributed by atoms with Crippen molar-refractivity contribution in [1.29, 1.82) is 0 Å². The second-order valence-electron chi connectivity index (χ2n) is 0. The molecule has 0 aromatic heterocycles. The van der Waals surface area contributed by atoms with Gasteiger partial charge in [0.1, 0.15) is 0 Å². The Morgan fingerprint density at radius 3 is 1.00 bits per heavy atom. The fourth-order valence-electron chi connectivity index (χ4n) is 0. The monoisotopic (exact) mass is 451 g/mol. The van der Waals surface area contributed by atoms with E-state index in [2.05, 4.69) is 0 Å². The van der Waals surface area contributed by atoms with Crippen LogP contribution in [0.5, 0.6) is 0 Å². The van der Waals surface area contributed by atoms with Gasteiger partial charge in [-0.2, -0.15) is 0 Å². The zero-order valence-corrected chi connectivity index (χ0v) is 16.8. The van der Waals surface area contributed by atoms with Gasteiger partial charge in [-0.3, -0.25) is 0 Å². The molecule has 0 aromatic rings. The van der Waals surface area contributed by atoms with Crippen molar-refractivity contribution in [2.75, 3.05) is 0 Å². The van der Waals surface area contributed by atoms with Crippen molar-refractivity contribution in [1.82, 2.24) is 0 Å². The topological polar surface area (TPSA) is 0 Å². The van der Waals surface area contributed by atoms with Crippen molar-refractivity contribution in [2.45, 2.75) is 0 Å². The summed E-state index contributed by atoms with van der Waals surface area (Å²) in [6, 6.07) is 0. The third-order valence-corrected chi connectivity index (χ3v) is 0. The van der Waals surface area contributed by atoms with Gasteiger partial charge >= 0.3 is 70.0 Å². The largest absolute Gasteiger partial charge is 0 e. The summed E-state index contributed by atoms with van der Waals surface area (Å²) in [4.78, 5) is 0. The van der Waals surface area contributed by atoms with Gasteiger partial charge in [0.05, 0.1) is 0 Å². The van der Waals surface area contributed by atoms with Crippen molar-refractivity contribution in [3.05, 3.63) is 0 Å². The van der Waals surface area contributed by atoms with Crippen LogP contribution in [0.1, 0.15) is 5.71 Å². The maximum atomic E-state index is 0. The first-order chi connectivity index (χ1) is 0. The van der Waals surface area contributed by atoms with E-state index >= 15 is 0 Å². The van der Waals surface area contributed by atoms with Crippen LogP contribution in [0.4, 0.5) is 0 Å². The molecule has 0 N–H and O–H groups in total. The second-order valence-corrected chi connectivity index (χ2v) is 0. The zero-order chi connectivity index (χ0) is 0. The van der Waals surface area contributed by atoms with Gasteiger partial charge in [-0.1, -0.05) is 0 Å². The summed E-state index contributed by atoms with van der Waals surface area (Å²) in [5, 5.41) is 0. The van der Waals surface area contributed by atoms with Crippen LogP contribution in [-0.4, -0.2) is 70.0 Å². The molecule has 0 unspecified atom stereocenters. The van der Waals surface area contributed by atoms with Gasteiger partial charge < -0.3 is 5.71 Å². The molecule has 0 spiro atoms. The molecule has 0 bridgehead atoms. The van der Waals surface area contributed by atoms with Gasteiger partial charge in [-0.05, 0) is 0 Å². The third kappa shape index (κ3) is 23.2. The van der Waals surface area contributed by atoms with Crippen molar-refractivity contribution in [2.24, 2.45) is 0 Å². The molecule has 6 heteroatoms. The molecule has 0 amide bonds. The standard InChI is InChI=1S/Gd.2Mg.Mn.Sn.Zn.6H/q;2*+2;;;;;;4*-1. The van der Waals surface area contributed by atoms with Crippen molar-refractivity contribution in [3.63, 3.8) is 0 Å². The third-order valence-electron chi connectivity index (χ3n) is 0. The molecule has 0 rings (SSSR count). The molecular formula is H6GdMg2MnSnZn. The van der Waals surface area contributed by atoms with Crippen LogP contribution in [0.2, 0.25) is 0 Å². The van der Waals surface area contributed by atoms with Crippen LogP contribution in [0.3, 0.4) is 0 Å². The average Bonchev–Trinajstić information content (AvgIpc) is 0. The predicted octanol–water partition coefficient (Wildman–Crippen LogP) is -1.23. The number of hydrogen-bond donors (Lipinski definition) is 0. The molecule has 0 heterocycles. The predicted molar refractivity (Wildman–Crippen MR) is 24.5 cm³/mol. The fourth-order valence-corrected chi connectivity index (χ4v) is 0. The van der Waals surface area contributed by atoms with E-state index in [4.69, 9.17) is 0 Å². The molecule has 31 valence electrons. The van der Waals surface area contributed by atoms with E-state index in [1.54, 1.807) is 0 Å². The summed E-state index contributed by atoms with van der Waals surface area (Å²) in [5.41, 5.74) is 0. The molecule has 0 atom stereocenters. The Morgan fingerprint density at radius 2 is 1.00 bits per heavy atom. The minimum Gasteiger partial charge on any atom is 0 e. The van der Waals surface area contributed by atoms with Gasteiger partial charge in [0.15, 0.2) is 0 Å².